The van der Waals surface area contributed by atoms with Crippen molar-refractivity contribution in [3.05, 3.63) is 47.5 Å². The maximum absolute atomic E-state index is 13.5. The van der Waals surface area contributed by atoms with E-state index in [4.69, 9.17) is 5.73 Å². The van der Waals surface area contributed by atoms with Gasteiger partial charge in [-0.05, 0) is 24.6 Å². The second-order valence-corrected chi connectivity index (χ2v) is 4.58. The van der Waals surface area contributed by atoms with Crippen molar-refractivity contribution >= 4 is 17.4 Å². The molecule has 0 radical (unpaired) electrons. The van der Waals surface area contributed by atoms with E-state index in [1.54, 1.807) is 24.5 Å². The molecule has 0 bridgehead atoms. The smallest absolute Gasteiger partial charge is 0.187 e. The molecule has 0 aliphatic rings. The van der Waals surface area contributed by atoms with Gasteiger partial charge in [0, 0.05) is 29.4 Å². The van der Waals surface area contributed by atoms with E-state index in [1.165, 1.54) is 17.8 Å². The van der Waals surface area contributed by atoms with Crippen LogP contribution in [-0.2, 0) is 5.75 Å². The molecule has 0 saturated heterocycles. The van der Waals surface area contributed by atoms with Gasteiger partial charge >= 0.3 is 0 Å². The molecule has 0 saturated carbocycles. The molecular weight excluding hydrogens is 237 g/mol. The standard InChI is InChI=1S/C12H12FN3S/c1-8-5-15-12(16-6-8)17-7-9-10(13)3-2-4-11(9)14/h2-6H,7,14H2,1H3. The van der Waals surface area contributed by atoms with Crippen molar-refractivity contribution in [1.29, 1.82) is 0 Å². The lowest BCUT2D eigenvalue weighted by Crippen LogP contribution is -1.97. The number of aryl methyl sites for hydroxylation is 1. The fourth-order valence-corrected chi connectivity index (χ4v) is 2.15. The summed E-state index contributed by atoms with van der Waals surface area (Å²) in [6.07, 6.45) is 3.47. The molecule has 2 N–H and O–H groups in total. The Morgan fingerprint density at radius 3 is 2.65 bits per heavy atom. The van der Waals surface area contributed by atoms with Crippen LogP contribution in [0.4, 0.5) is 10.1 Å². The Balaban J connectivity index is 2.10. The van der Waals surface area contributed by atoms with Gasteiger partial charge in [0.05, 0.1) is 0 Å². The molecule has 0 unspecified atom stereocenters. The van der Waals surface area contributed by atoms with Crippen LogP contribution in [0.15, 0.2) is 35.7 Å². The second-order valence-electron chi connectivity index (χ2n) is 3.64. The molecule has 0 fully saturated rings. The molecular formula is C12H12FN3S. The van der Waals surface area contributed by atoms with E-state index >= 15 is 0 Å². The van der Waals surface area contributed by atoms with E-state index in [0.29, 0.717) is 22.2 Å². The number of nitrogens with two attached hydrogens (primary N) is 1. The van der Waals surface area contributed by atoms with Crippen LogP contribution in [-0.4, -0.2) is 9.97 Å². The minimum absolute atomic E-state index is 0.287. The zero-order valence-electron chi connectivity index (χ0n) is 9.35. The first-order valence-electron chi connectivity index (χ1n) is 5.11. The first kappa shape index (κ1) is 11.9. The largest absolute Gasteiger partial charge is 0.398 e. The van der Waals surface area contributed by atoms with Crippen molar-refractivity contribution < 1.29 is 4.39 Å². The molecule has 3 nitrogen and oxygen atoms in total. The van der Waals surface area contributed by atoms with Gasteiger partial charge in [-0.3, -0.25) is 0 Å². The summed E-state index contributed by atoms with van der Waals surface area (Å²) >= 11 is 1.37. The van der Waals surface area contributed by atoms with E-state index < -0.39 is 0 Å². The lowest BCUT2D eigenvalue weighted by atomic mass is 10.2. The molecule has 0 spiro atoms. The van der Waals surface area contributed by atoms with Gasteiger partial charge in [-0.2, -0.15) is 0 Å². The zero-order chi connectivity index (χ0) is 12.3. The number of hydrogen-bond acceptors (Lipinski definition) is 4. The molecule has 1 aromatic carbocycles. The molecule has 2 rings (SSSR count). The molecule has 17 heavy (non-hydrogen) atoms. The van der Waals surface area contributed by atoms with Gasteiger partial charge in [-0.15, -0.1) is 0 Å². The number of nitrogen functional groups attached to an aromatic ring is 1. The fourth-order valence-electron chi connectivity index (χ4n) is 1.32. The van der Waals surface area contributed by atoms with Gasteiger partial charge in [0.15, 0.2) is 5.16 Å². The van der Waals surface area contributed by atoms with Crippen molar-refractivity contribution in [1.82, 2.24) is 9.97 Å². The lowest BCUT2D eigenvalue weighted by molar-refractivity contribution is 0.618. The third-order valence-corrected chi connectivity index (χ3v) is 3.16. The van der Waals surface area contributed by atoms with Crippen molar-refractivity contribution in [2.75, 3.05) is 5.73 Å². The number of nitrogens with zero attached hydrogens (tertiary/aromatic N) is 2. The highest BCUT2D eigenvalue weighted by molar-refractivity contribution is 7.98. The normalized spacial score (nSPS) is 10.5. The Morgan fingerprint density at radius 2 is 2.00 bits per heavy atom. The molecule has 0 aliphatic carbocycles. The van der Waals surface area contributed by atoms with E-state index in [0.717, 1.165) is 5.56 Å². The average molecular weight is 249 g/mol. The highest BCUT2D eigenvalue weighted by Crippen LogP contribution is 2.24. The summed E-state index contributed by atoms with van der Waals surface area (Å²) < 4.78 is 13.5. The van der Waals surface area contributed by atoms with Gasteiger partial charge in [0.1, 0.15) is 5.82 Å². The maximum atomic E-state index is 13.5. The highest BCUT2D eigenvalue weighted by atomic mass is 32.2. The van der Waals surface area contributed by atoms with Gasteiger partial charge < -0.3 is 5.73 Å². The molecule has 5 heteroatoms. The van der Waals surface area contributed by atoms with Gasteiger partial charge in [-0.1, -0.05) is 17.8 Å². The van der Waals surface area contributed by atoms with Crippen molar-refractivity contribution in [2.45, 2.75) is 17.8 Å². The summed E-state index contributed by atoms with van der Waals surface area (Å²) in [4.78, 5) is 8.28. The lowest BCUT2D eigenvalue weighted by Gasteiger charge is -2.05. The van der Waals surface area contributed by atoms with Crippen molar-refractivity contribution in [3.8, 4) is 0 Å². The van der Waals surface area contributed by atoms with Crippen LogP contribution < -0.4 is 5.73 Å². The minimum Gasteiger partial charge on any atom is -0.398 e. The van der Waals surface area contributed by atoms with Gasteiger partial charge in [0.2, 0.25) is 0 Å². The summed E-state index contributed by atoms with van der Waals surface area (Å²) in [5, 5.41) is 0.623. The molecule has 1 aromatic heterocycles. The molecule has 0 aliphatic heterocycles. The molecule has 88 valence electrons. The molecule has 2 aromatic rings. The Kier molecular flexibility index (Phi) is 3.58. The van der Waals surface area contributed by atoms with Gasteiger partial charge in [0.25, 0.3) is 0 Å². The average Bonchev–Trinajstić information content (AvgIpc) is 2.31. The summed E-state index contributed by atoms with van der Waals surface area (Å²) in [6, 6.07) is 4.69. The third-order valence-electron chi connectivity index (χ3n) is 2.26. The number of aromatic nitrogens is 2. The Bertz CT molecular complexity index is 493. The van der Waals surface area contributed by atoms with Crippen molar-refractivity contribution in [2.24, 2.45) is 0 Å². The topological polar surface area (TPSA) is 51.8 Å². The van der Waals surface area contributed by atoms with Crippen LogP contribution in [0.1, 0.15) is 11.1 Å². The second kappa shape index (κ2) is 5.14. The SMILES string of the molecule is Cc1cnc(SCc2c(N)cccc2F)nc1. The van der Waals surface area contributed by atoms with Crippen LogP contribution in [0.3, 0.4) is 0 Å². The summed E-state index contributed by atoms with van der Waals surface area (Å²) in [7, 11) is 0. The Labute approximate surface area is 103 Å². The van der Waals surface area contributed by atoms with Crippen molar-refractivity contribution in [3.63, 3.8) is 0 Å². The predicted molar refractivity (Wildman–Crippen MR) is 67.1 cm³/mol. The summed E-state index contributed by atoms with van der Waals surface area (Å²) in [5.41, 5.74) is 7.68. The van der Waals surface area contributed by atoms with Crippen LogP contribution >= 0.6 is 11.8 Å². The van der Waals surface area contributed by atoms with E-state index in [-0.39, 0.29) is 5.82 Å². The highest BCUT2D eigenvalue weighted by Gasteiger charge is 2.07. The van der Waals surface area contributed by atoms with E-state index in [2.05, 4.69) is 9.97 Å². The van der Waals surface area contributed by atoms with E-state index in [9.17, 15) is 4.39 Å². The first-order valence-corrected chi connectivity index (χ1v) is 6.09. The molecule has 1 heterocycles. The van der Waals surface area contributed by atoms with E-state index in [1.807, 2.05) is 6.92 Å². The molecule has 0 amide bonds. The molecule has 0 atom stereocenters. The Hall–Kier alpha value is -1.62. The first-order chi connectivity index (χ1) is 8.16. The number of thioether (sulfide) groups is 1. The van der Waals surface area contributed by atoms with Crippen LogP contribution in [0.5, 0.6) is 0 Å². The van der Waals surface area contributed by atoms with Crippen LogP contribution in [0.2, 0.25) is 0 Å². The van der Waals surface area contributed by atoms with Crippen LogP contribution in [0.25, 0.3) is 0 Å². The monoisotopic (exact) mass is 249 g/mol. The summed E-state index contributed by atoms with van der Waals surface area (Å²) in [6.45, 7) is 1.92. The number of halogens is 1. The predicted octanol–water partition coefficient (Wildman–Crippen LogP) is 2.80. The number of benzene rings is 1. The number of rotatable bonds is 3. The van der Waals surface area contributed by atoms with Crippen LogP contribution in [0, 0.1) is 12.7 Å². The maximum Gasteiger partial charge on any atom is 0.187 e. The number of hydrogen-bond donors (Lipinski definition) is 1. The van der Waals surface area contributed by atoms with Gasteiger partial charge in [-0.25, -0.2) is 14.4 Å². The fraction of sp³-hybridized carbons (Fsp3) is 0.167. The quantitative estimate of drug-likeness (QED) is 0.516. The summed E-state index contributed by atoms with van der Waals surface area (Å²) in [5.74, 6) is 0.145. The third kappa shape index (κ3) is 2.94. The zero-order valence-corrected chi connectivity index (χ0v) is 10.2. The minimum atomic E-state index is -0.287. The number of anilines is 1. The Morgan fingerprint density at radius 1 is 1.29 bits per heavy atom.